The summed E-state index contributed by atoms with van der Waals surface area (Å²) in [6.45, 7) is 3.33. The van der Waals surface area contributed by atoms with Crippen LogP contribution in [-0.2, 0) is 15.0 Å². The van der Waals surface area contributed by atoms with Crippen LogP contribution < -0.4 is 5.32 Å². The third kappa shape index (κ3) is 3.15. The van der Waals surface area contributed by atoms with Gasteiger partial charge in [-0.1, -0.05) is 12.1 Å². The van der Waals surface area contributed by atoms with E-state index in [-0.39, 0.29) is 11.8 Å². The summed E-state index contributed by atoms with van der Waals surface area (Å²) in [7, 11) is 0. The van der Waals surface area contributed by atoms with Gasteiger partial charge in [-0.15, -0.1) is 0 Å². The van der Waals surface area contributed by atoms with Crippen LogP contribution in [0, 0.1) is 5.92 Å². The Labute approximate surface area is 123 Å². The summed E-state index contributed by atoms with van der Waals surface area (Å²) in [5.74, 6) is 1.22. The summed E-state index contributed by atoms with van der Waals surface area (Å²) in [6, 6.07) is 7.04. The molecule has 1 aromatic rings. The first-order valence-electron chi connectivity index (χ1n) is 6.64. The molecule has 108 valence electrons. The van der Waals surface area contributed by atoms with Crippen LogP contribution in [-0.4, -0.2) is 28.5 Å². The van der Waals surface area contributed by atoms with Gasteiger partial charge in [0.05, 0.1) is 5.41 Å². The van der Waals surface area contributed by atoms with E-state index in [4.69, 9.17) is 0 Å². The fourth-order valence-electron chi connectivity index (χ4n) is 2.08. The van der Waals surface area contributed by atoms with E-state index < -0.39 is 11.4 Å². The quantitative estimate of drug-likeness (QED) is 0.896. The number of carboxylic acids is 1. The fourth-order valence-corrected chi connectivity index (χ4v) is 3.30. The predicted molar refractivity (Wildman–Crippen MR) is 81.2 cm³/mol. The number of hydrogen-bond acceptors (Lipinski definition) is 3. The Balaban J connectivity index is 2.05. The van der Waals surface area contributed by atoms with Gasteiger partial charge in [0.25, 0.3) is 0 Å². The maximum absolute atomic E-state index is 12.0. The Bertz CT molecular complexity index is 504. The van der Waals surface area contributed by atoms with Crippen molar-refractivity contribution >= 4 is 29.3 Å². The highest BCUT2D eigenvalue weighted by molar-refractivity contribution is 7.99. The molecule has 0 aromatic heterocycles. The zero-order chi connectivity index (χ0) is 14.8. The Morgan fingerprint density at radius 3 is 2.45 bits per heavy atom. The second-order valence-electron chi connectivity index (χ2n) is 5.56. The molecule has 1 aliphatic heterocycles. The highest BCUT2D eigenvalue weighted by atomic mass is 32.2. The Morgan fingerprint density at radius 1 is 1.30 bits per heavy atom. The van der Waals surface area contributed by atoms with Gasteiger partial charge in [0.1, 0.15) is 0 Å². The summed E-state index contributed by atoms with van der Waals surface area (Å²) in [6.07, 6.45) is 0.931. The average molecular weight is 293 g/mol. The molecule has 1 atom stereocenters. The number of aliphatic carboxylic acids is 1. The molecule has 5 heteroatoms. The number of carboxylic acid groups (broad SMARTS) is 1. The molecule has 0 bridgehead atoms. The number of carbonyl (C=O) groups is 2. The molecule has 1 amide bonds. The molecule has 2 rings (SSSR count). The second-order valence-corrected chi connectivity index (χ2v) is 6.71. The smallest absolute Gasteiger partial charge is 0.313 e. The van der Waals surface area contributed by atoms with Crippen molar-refractivity contribution in [3.63, 3.8) is 0 Å². The van der Waals surface area contributed by atoms with E-state index in [1.807, 2.05) is 0 Å². The Morgan fingerprint density at radius 2 is 1.95 bits per heavy atom. The first-order valence-corrected chi connectivity index (χ1v) is 7.79. The first-order chi connectivity index (χ1) is 9.41. The molecule has 1 heterocycles. The van der Waals surface area contributed by atoms with Crippen molar-refractivity contribution < 1.29 is 14.7 Å². The topological polar surface area (TPSA) is 66.4 Å². The van der Waals surface area contributed by atoms with E-state index in [0.717, 1.165) is 29.2 Å². The Hall–Kier alpha value is -1.49. The minimum absolute atomic E-state index is 0.0558. The van der Waals surface area contributed by atoms with Crippen LogP contribution in [0.5, 0.6) is 0 Å². The fraction of sp³-hybridized carbons (Fsp3) is 0.467. The molecular weight excluding hydrogens is 274 g/mol. The van der Waals surface area contributed by atoms with Crippen molar-refractivity contribution in [3.8, 4) is 0 Å². The lowest BCUT2D eigenvalue weighted by Gasteiger charge is -2.20. The predicted octanol–water partition coefficient (Wildman–Crippen LogP) is 2.74. The van der Waals surface area contributed by atoms with Crippen molar-refractivity contribution in [2.75, 3.05) is 16.8 Å². The van der Waals surface area contributed by atoms with Gasteiger partial charge in [0.2, 0.25) is 5.91 Å². The molecular formula is C15H19NO3S. The average Bonchev–Trinajstić information content (AvgIpc) is 2.93. The van der Waals surface area contributed by atoms with Crippen LogP contribution in [0.2, 0.25) is 0 Å². The highest BCUT2D eigenvalue weighted by Gasteiger charge is 2.29. The van der Waals surface area contributed by atoms with Crippen molar-refractivity contribution in [2.24, 2.45) is 5.92 Å². The van der Waals surface area contributed by atoms with Gasteiger partial charge < -0.3 is 10.4 Å². The lowest BCUT2D eigenvalue weighted by molar-refractivity contribution is -0.142. The molecule has 0 aliphatic carbocycles. The lowest BCUT2D eigenvalue weighted by atomic mass is 9.85. The lowest BCUT2D eigenvalue weighted by Crippen LogP contribution is -2.28. The maximum atomic E-state index is 12.0. The number of nitrogens with one attached hydrogen (secondary N) is 1. The molecule has 0 saturated carbocycles. The molecule has 4 nitrogen and oxygen atoms in total. The van der Waals surface area contributed by atoms with Gasteiger partial charge in [-0.05, 0) is 43.7 Å². The molecule has 1 aromatic carbocycles. The van der Waals surface area contributed by atoms with Crippen LogP contribution in [0.4, 0.5) is 5.69 Å². The number of hydrogen-bond donors (Lipinski definition) is 2. The van der Waals surface area contributed by atoms with Crippen molar-refractivity contribution in [2.45, 2.75) is 25.7 Å². The van der Waals surface area contributed by atoms with E-state index in [1.54, 1.807) is 49.9 Å². The van der Waals surface area contributed by atoms with Gasteiger partial charge in [0.15, 0.2) is 0 Å². The molecule has 20 heavy (non-hydrogen) atoms. The number of rotatable bonds is 4. The SMILES string of the molecule is CC(C)(C(=O)O)c1ccc(NC(=O)C2CCSC2)cc1. The van der Waals surface area contributed by atoms with E-state index in [2.05, 4.69) is 5.32 Å². The molecule has 1 saturated heterocycles. The zero-order valence-electron chi connectivity index (χ0n) is 11.7. The molecule has 1 fully saturated rings. The summed E-state index contributed by atoms with van der Waals surface area (Å²) >= 11 is 1.80. The highest BCUT2D eigenvalue weighted by Crippen LogP contribution is 2.27. The van der Waals surface area contributed by atoms with Crippen LogP contribution in [0.25, 0.3) is 0 Å². The monoisotopic (exact) mass is 293 g/mol. The number of thioether (sulfide) groups is 1. The minimum Gasteiger partial charge on any atom is -0.481 e. The van der Waals surface area contributed by atoms with Gasteiger partial charge in [0, 0.05) is 17.4 Å². The zero-order valence-corrected chi connectivity index (χ0v) is 12.5. The minimum atomic E-state index is -0.926. The summed E-state index contributed by atoms with van der Waals surface area (Å²) in [5, 5.41) is 12.1. The van der Waals surface area contributed by atoms with Gasteiger partial charge >= 0.3 is 5.97 Å². The standard InChI is InChI=1S/C15H19NO3S/c1-15(2,14(18)19)11-3-5-12(6-4-11)16-13(17)10-7-8-20-9-10/h3-6,10H,7-9H2,1-2H3,(H,16,17)(H,18,19). The molecule has 0 radical (unpaired) electrons. The molecule has 2 N–H and O–H groups in total. The summed E-state index contributed by atoms with van der Waals surface area (Å²) in [4.78, 5) is 23.2. The van der Waals surface area contributed by atoms with Gasteiger partial charge in [-0.25, -0.2) is 0 Å². The van der Waals surface area contributed by atoms with E-state index in [0.29, 0.717) is 0 Å². The number of anilines is 1. The number of benzene rings is 1. The van der Waals surface area contributed by atoms with Crippen molar-refractivity contribution in [3.05, 3.63) is 29.8 Å². The van der Waals surface area contributed by atoms with E-state index in [9.17, 15) is 14.7 Å². The van der Waals surface area contributed by atoms with Crippen LogP contribution in [0.15, 0.2) is 24.3 Å². The van der Waals surface area contributed by atoms with E-state index in [1.165, 1.54) is 0 Å². The van der Waals surface area contributed by atoms with Gasteiger partial charge in [-0.2, -0.15) is 11.8 Å². The van der Waals surface area contributed by atoms with Crippen molar-refractivity contribution in [1.82, 2.24) is 0 Å². The molecule has 0 spiro atoms. The van der Waals surface area contributed by atoms with E-state index >= 15 is 0 Å². The van der Waals surface area contributed by atoms with Crippen molar-refractivity contribution in [1.29, 1.82) is 0 Å². The summed E-state index contributed by atoms with van der Waals surface area (Å²) < 4.78 is 0. The van der Waals surface area contributed by atoms with Gasteiger partial charge in [-0.3, -0.25) is 9.59 Å². The van der Waals surface area contributed by atoms with Crippen LogP contribution >= 0.6 is 11.8 Å². The van der Waals surface area contributed by atoms with Crippen LogP contribution in [0.1, 0.15) is 25.8 Å². The second kappa shape index (κ2) is 5.87. The normalized spacial score (nSPS) is 18.8. The summed E-state index contributed by atoms with van der Waals surface area (Å²) in [5.41, 5.74) is 0.515. The maximum Gasteiger partial charge on any atom is 0.313 e. The Kier molecular flexibility index (Phi) is 4.38. The molecule has 1 unspecified atom stereocenters. The third-order valence-corrected chi connectivity index (χ3v) is 4.87. The van der Waals surface area contributed by atoms with Crippen LogP contribution in [0.3, 0.4) is 0 Å². The number of carbonyl (C=O) groups excluding carboxylic acids is 1. The molecule has 1 aliphatic rings. The first kappa shape index (κ1) is 14.9. The number of amides is 1. The third-order valence-electron chi connectivity index (χ3n) is 3.71. The largest absolute Gasteiger partial charge is 0.481 e.